The average molecular weight is 503 g/mol. The Balaban J connectivity index is 1.25. The quantitative estimate of drug-likeness (QED) is 0.235. The molecule has 38 heavy (non-hydrogen) atoms. The van der Waals surface area contributed by atoms with Crippen LogP contribution in [0.2, 0.25) is 0 Å². The molecule has 8 rings (SSSR count). The smallest absolute Gasteiger partial charge is 0.145 e. The number of pyridine rings is 1. The Morgan fingerprint density at radius 3 is 2.05 bits per heavy atom. The maximum atomic E-state index is 4.76. The lowest BCUT2D eigenvalue weighted by molar-refractivity contribution is 1.14. The highest BCUT2D eigenvalue weighted by atomic mass is 32.1. The largest absolute Gasteiger partial charge is 0.294 e. The minimum atomic E-state index is 0.982. The highest BCUT2D eigenvalue weighted by Crippen LogP contribution is 2.37. The van der Waals surface area contributed by atoms with E-state index in [2.05, 4.69) is 126 Å². The van der Waals surface area contributed by atoms with Crippen LogP contribution in [0.5, 0.6) is 0 Å². The third-order valence-corrected chi connectivity index (χ3v) is 8.60. The molecule has 0 spiro atoms. The number of hydrogen-bond donors (Lipinski definition) is 0. The van der Waals surface area contributed by atoms with Gasteiger partial charge in [0, 0.05) is 42.8 Å². The van der Waals surface area contributed by atoms with Crippen molar-refractivity contribution in [3.05, 3.63) is 134 Å². The molecular weight excluding hydrogens is 480 g/mol. The molecule has 3 heterocycles. The van der Waals surface area contributed by atoms with E-state index in [-0.39, 0.29) is 0 Å². The molecule has 2 nitrogen and oxygen atoms in total. The number of benzene rings is 5. The number of aromatic nitrogens is 2. The van der Waals surface area contributed by atoms with Crippen LogP contribution in [0.15, 0.2) is 134 Å². The van der Waals surface area contributed by atoms with Crippen molar-refractivity contribution >= 4 is 53.4 Å². The zero-order valence-electron chi connectivity index (χ0n) is 20.5. The van der Waals surface area contributed by atoms with Crippen molar-refractivity contribution in [2.75, 3.05) is 0 Å². The van der Waals surface area contributed by atoms with Crippen LogP contribution in [0.25, 0.3) is 70.0 Å². The van der Waals surface area contributed by atoms with Crippen LogP contribution < -0.4 is 0 Å². The van der Waals surface area contributed by atoms with Crippen molar-refractivity contribution in [3.8, 4) is 27.9 Å². The normalized spacial score (nSPS) is 11.7. The Hall–Kier alpha value is -4.73. The maximum absolute atomic E-state index is 4.76. The van der Waals surface area contributed by atoms with Gasteiger partial charge >= 0.3 is 0 Å². The van der Waals surface area contributed by atoms with Crippen LogP contribution in [-0.2, 0) is 0 Å². The molecule has 5 aromatic carbocycles. The molecule has 0 aliphatic heterocycles. The first kappa shape index (κ1) is 21.4. The highest BCUT2D eigenvalue weighted by molar-refractivity contribution is 7.25. The Morgan fingerprint density at radius 1 is 0.474 bits per heavy atom. The van der Waals surface area contributed by atoms with Gasteiger partial charge in [-0.3, -0.25) is 4.57 Å². The molecule has 0 aliphatic rings. The van der Waals surface area contributed by atoms with E-state index in [1.54, 1.807) is 0 Å². The SMILES string of the molecule is c1cc(-c2cccc(-n3c4ccccc4c4cccnc43)c2)cc(-c2ccc3sc4ccccc4c3c2)c1. The Labute approximate surface area is 224 Å². The van der Waals surface area contributed by atoms with Gasteiger partial charge in [0.15, 0.2) is 0 Å². The van der Waals surface area contributed by atoms with E-state index in [9.17, 15) is 0 Å². The summed E-state index contributed by atoms with van der Waals surface area (Å²) in [6, 6.07) is 45.9. The van der Waals surface area contributed by atoms with Crippen LogP contribution in [0, 0.1) is 0 Å². The lowest BCUT2D eigenvalue weighted by Gasteiger charge is -2.11. The molecule has 0 N–H and O–H groups in total. The van der Waals surface area contributed by atoms with Gasteiger partial charge in [0.05, 0.1) is 5.52 Å². The molecule has 0 radical (unpaired) electrons. The number of para-hydroxylation sites is 1. The first-order chi connectivity index (χ1) is 18.8. The molecule has 0 saturated heterocycles. The molecule has 0 amide bonds. The number of thiophene rings is 1. The van der Waals surface area contributed by atoms with E-state index >= 15 is 0 Å². The molecule has 3 aromatic heterocycles. The predicted octanol–water partition coefficient (Wildman–Crippen LogP) is 9.88. The topological polar surface area (TPSA) is 17.8 Å². The lowest BCUT2D eigenvalue weighted by Crippen LogP contribution is -1.95. The third-order valence-electron chi connectivity index (χ3n) is 7.44. The fourth-order valence-corrected chi connectivity index (χ4v) is 6.75. The van der Waals surface area contributed by atoms with Crippen molar-refractivity contribution < 1.29 is 0 Å². The zero-order valence-corrected chi connectivity index (χ0v) is 21.3. The van der Waals surface area contributed by atoms with E-state index in [0.717, 1.165) is 11.3 Å². The standard InChI is InChI=1S/C35H22N2S/c1-3-15-32-28(12-1)30-14-7-19-36-35(30)37(32)27-11-6-10-25(21-27)23-8-5-9-24(20-23)26-17-18-34-31(22-26)29-13-2-4-16-33(29)38-34/h1-22H. The summed E-state index contributed by atoms with van der Waals surface area (Å²) < 4.78 is 4.94. The summed E-state index contributed by atoms with van der Waals surface area (Å²) in [5, 5.41) is 5.05. The Bertz CT molecular complexity index is 2090. The summed E-state index contributed by atoms with van der Waals surface area (Å²) in [6.45, 7) is 0. The molecule has 178 valence electrons. The van der Waals surface area contributed by atoms with Crippen molar-refractivity contribution in [1.82, 2.24) is 9.55 Å². The van der Waals surface area contributed by atoms with Crippen LogP contribution >= 0.6 is 11.3 Å². The van der Waals surface area contributed by atoms with Gasteiger partial charge in [0.2, 0.25) is 0 Å². The second-order valence-electron chi connectivity index (χ2n) is 9.67. The second kappa shape index (κ2) is 8.41. The molecule has 0 bridgehead atoms. The van der Waals surface area contributed by atoms with Crippen molar-refractivity contribution in [2.45, 2.75) is 0 Å². The first-order valence-electron chi connectivity index (χ1n) is 12.8. The molecule has 8 aromatic rings. The molecule has 0 aliphatic carbocycles. The highest BCUT2D eigenvalue weighted by Gasteiger charge is 2.13. The fourth-order valence-electron chi connectivity index (χ4n) is 5.67. The first-order valence-corrected chi connectivity index (χ1v) is 13.6. The van der Waals surface area contributed by atoms with Gasteiger partial charge in [-0.2, -0.15) is 0 Å². The van der Waals surface area contributed by atoms with Gasteiger partial charge in [-0.1, -0.05) is 72.8 Å². The van der Waals surface area contributed by atoms with Crippen LogP contribution in [0.3, 0.4) is 0 Å². The summed E-state index contributed by atoms with van der Waals surface area (Å²) >= 11 is 1.86. The van der Waals surface area contributed by atoms with Gasteiger partial charge < -0.3 is 0 Å². The molecule has 0 atom stereocenters. The lowest BCUT2D eigenvalue weighted by atomic mass is 9.97. The van der Waals surface area contributed by atoms with E-state index in [1.807, 2.05) is 23.6 Å². The van der Waals surface area contributed by atoms with Crippen molar-refractivity contribution in [3.63, 3.8) is 0 Å². The van der Waals surface area contributed by atoms with E-state index in [4.69, 9.17) is 4.98 Å². The molecular formula is C35H22N2S. The van der Waals surface area contributed by atoms with Gasteiger partial charge in [-0.05, 0) is 76.9 Å². The minimum Gasteiger partial charge on any atom is -0.294 e. The van der Waals surface area contributed by atoms with Crippen LogP contribution in [0.1, 0.15) is 0 Å². The summed E-state index contributed by atoms with van der Waals surface area (Å²) in [6.07, 6.45) is 1.87. The average Bonchev–Trinajstić information content (AvgIpc) is 3.53. The second-order valence-corrected chi connectivity index (χ2v) is 10.8. The minimum absolute atomic E-state index is 0.982. The van der Waals surface area contributed by atoms with E-state index in [1.165, 1.54) is 58.7 Å². The monoisotopic (exact) mass is 502 g/mol. The summed E-state index contributed by atoms with van der Waals surface area (Å²) in [7, 11) is 0. The number of hydrogen-bond acceptors (Lipinski definition) is 2. The Morgan fingerprint density at radius 2 is 1.16 bits per heavy atom. The third kappa shape index (κ3) is 3.29. The maximum Gasteiger partial charge on any atom is 0.145 e. The van der Waals surface area contributed by atoms with Gasteiger partial charge in [0.25, 0.3) is 0 Å². The molecule has 0 saturated carbocycles. The number of nitrogens with zero attached hydrogens (tertiary/aromatic N) is 2. The van der Waals surface area contributed by atoms with Gasteiger partial charge in [-0.15, -0.1) is 11.3 Å². The summed E-state index contributed by atoms with van der Waals surface area (Å²) in [5.41, 5.74) is 8.12. The van der Waals surface area contributed by atoms with Crippen LogP contribution in [0.4, 0.5) is 0 Å². The predicted molar refractivity (Wildman–Crippen MR) is 162 cm³/mol. The molecule has 3 heteroatoms. The summed E-state index contributed by atoms with van der Waals surface area (Å²) in [5.74, 6) is 0. The zero-order chi connectivity index (χ0) is 25.1. The van der Waals surface area contributed by atoms with Crippen molar-refractivity contribution in [1.29, 1.82) is 0 Å². The van der Waals surface area contributed by atoms with Gasteiger partial charge in [0.1, 0.15) is 5.65 Å². The molecule has 0 fully saturated rings. The van der Waals surface area contributed by atoms with Gasteiger partial charge in [-0.25, -0.2) is 4.98 Å². The van der Waals surface area contributed by atoms with E-state index in [0.29, 0.717) is 0 Å². The number of fused-ring (bicyclic) bond motifs is 6. The fraction of sp³-hybridized carbons (Fsp3) is 0. The Kier molecular flexibility index (Phi) is 4.73. The summed E-state index contributed by atoms with van der Waals surface area (Å²) in [4.78, 5) is 4.76. The van der Waals surface area contributed by atoms with Crippen molar-refractivity contribution in [2.24, 2.45) is 0 Å². The number of rotatable bonds is 3. The van der Waals surface area contributed by atoms with Crippen LogP contribution in [-0.4, -0.2) is 9.55 Å². The molecule has 0 unspecified atom stereocenters. The van der Waals surface area contributed by atoms with E-state index < -0.39 is 0 Å².